The highest BCUT2D eigenvalue weighted by Gasteiger charge is 2.07. The Balaban J connectivity index is 3.10. The molecule has 0 aromatic carbocycles. The minimum absolute atomic E-state index is 0.205. The summed E-state index contributed by atoms with van der Waals surface area (Å²) in [4.78, 5) is 12.9. The van der Waals surface area contributed by atoms with Crippen LogP contribution in [0.15, 0.2) is 6.07 Å². The highest BCUT2D eigenvalue weighted by molar-refractivity contribution is 6.67. The molecule has 0 saturated heterocycles. The van der Waals surface area contributed by atoms with Crippen molar-refractivity contribution in [3.05, 3.63) is 21.9 Å². The second kappa shape index (κ2) is 2.82. The number of rotatable bonds is 1. The molecule has 0 aliphatic carbocycles. The van der Waals surface area contributed by atoms with E-state index in [-0.39, 0.29) is 10.8 Å². The first-order valence-electron chi connectivity index (χ1n) is 2.35. The van der Waals surface area contributed by atoms with Crippen LogP contribution in [-0.2, 0) is 0 Å². The number of aromatic nitrogens is 1. The summed E-state index contributed by atoms with van der Waals surface area (Å²) < 4.78 is 0. The Kier molecular flexibility index (Phi) is 2.24. The van der Waals surface area contributed by atoms with Gasteiger partial charge in [-0.1, -0.05) is 23.2 Å². The van der Waals surface area contributed by atoms with Gasteiger partial charge in [0.15, 0.2) is 0 Å². The van der Waals surface area contributed by atoms with Gasteiger partial charge in [0.2, 0.25) is 0 Å². The Bertz CT molecular complexity index is 248. The standard InChI is InChI=1S/C5H2Cl3NO/c6-2-1-3(5(8)10)9-4(2)7/h1,9H. The number of nitrogens with one attached hydrogen (secondary N) is 1. The van der Waals surface area contributed by atoms with Gasteiger partial charge in [-0.05, 0) is 17.7 Å². The Labute approximate surface area is 72.1 Å². The van der Waals surface area contributed by atoms with Gasteiger partial charge in [0, 0.05) is 0 Å². The number of hydrogen-bond acceptors (Lipinski definition) is 1. The van der Waals surface area contributed by atoms with E-state index in [1.807, 2.05) is 0 Å². The fourth-order valence-corrected chi connectivity index (χ4v) is 0.924. The molecular weight excluding hydrogens is 196 g/mol. The first-order chi connectivity index (χ1) is 4.61. The highest BCUT2D eigenvalue weighted by Crippen LogP contribution is 2.22. The molecule has 1 aromatic rings. The molecule has 1 N–H and O–H groups in total. The van der Waals surface area contributed by atoms with Gasteiger partial charge >= 0.3 is 0 Å². The molecule has 0 unspecified atom stereocenters. The van der Waals surface area contributed by atoms with Crippen LogP contribution in [0.4, 0.5) is 0 Å². The highest BCUT2D eigenvalue weighted by atomic mass is 35.5. The normalized spacial score (nSPS) is 9.90. The van der Waals surface area contributed by atoms with Crippen LogP contribution < -0.4 is 0 Å². The largest absolute Gasteiger partial charge is 0.341 e. The number of hydrogen-bond donors (Lipinski definition) is 1. The maximum atomic E-state index is 10.4. The third-order valence-corrected chi connectivity index (χ3v) is 1.83. The van der Waals surface area contributed by atoms with Crippen LogP contribution in [0.25, 0.3) is 0 Å². The third kappa shape index (κ3) is 1.45. The maximum absolute atomic E-state index is 10.4. The second-order valence-electron chi connectivity index (χ2n) is 1.62. The van der Waals surface area contributed by atoms with Crippen LogP contribution in [0.2, 0.25) is 10.2 Å². The predicted octanol–water partition coefficient (Wildman–Crippen LogP) is 2.70. The first kappa shape index (κ1) is 7.92. The first-order valence-corrected chi connectivity index (χ1v) is 3.48. The zero-order chi connectivity index (χ0) is 7.72. The van der Waals surface area contributed by atoms with E-state index in [2.05, 4.69) is 4.98 Å². The molecule has 0 aliphatic rings. The summed E-state index contributed by atoms with van der Waals surface area (Å²) in [6, 6.07) is 1.37. The molecule has 10 heavy (non-hydrogen) atoms. The summed E-state index contributed by atoms with van der Waals surface area (Å²) >= 11 is 16.1. The van der Waals surface area contributed by atoms with Crippen LogP contribution in [0.3, 0.4) is 0 Å². The van der Waals surface area contributed by atoms with Crippen molar-refractivity contribution < 1.29 is 4.79 Å². The van der Waals surface area contributed by atoms with Gasteiger partial charge in [0.1, 0.15) is 10.8 Å². The van der Waals surface area contributed by atoms with Crippen molar-refractivity contribution in [2.24, 2.45) is 0 Å². The molecule has 0 radical (unpaired) electrons. The summed E-state index contributed by atoms with van der Waals surface area (Å²) in [6.45, 7) is 0. The molecule has 0 spiro atoms. The van der Waals surface area contributed by atoms with E-state index >= 15 is 0 Å². The molecule has 5 heteroatoms. The van der Waals surface area contributed by atoms with Crippen molar-refractivity contribution in [3.8, 4) is 0 Å². The predicted molar refractivity (Wildman–Crippen MR) is 41.0 cm³/mol. The minimum atomic E-state index is -0.603. The zero-order valence-corrected chi connectivity index (χ0v) is 6.89. The van der Waals surface area contributed by atoms with E-state index < -0.39 is 5.24 Å². The Morgan fingerprint density at radius 3 is 2.30 bits per heavy atom. The molecule has 0 bridgehead atoms. The monoisotopic (exact) mass is 197 g/mol. The summed E-state index contributed by atoms with van der Waals surface area (Å²) in [5, 5.41) is -0.0786. The van der Waals surface area contributed by atoms with E-state index in [1.54, 1.807) is 0 Å². The molecule has 0 atom stereocenters. The molecule has 0 aliphatic heterocycles. The molecule has 0 fully saturated rings. The van der Waals surface area contributed by atoms with E-state index in [1.165, 1.54) is 6.07 Å². The van der Waals surface area contributed by atoms with Gasteiger partial charge in [0.25, 0.3) is 5.24 Å². The topological polar surface area (TPSA) is 32.9 Å². The van der Waals surface area contributed by atoms with Crippen LogP contribution in [-0.4, -0.2) is 10.2 Å². The fraction of sp³-hybridized carbons (Fsp3) is 0. The van der Waals surface area contributed by atoms with Crippen molar-refractivity contribution in [2.75, 3.05) is 0 Å². The van der Waals surface area contributed by atoms with Gasteiger partial charge < -0.3 is 4.98 Å². The lowest BCUT2D eigenvalue weighted by Crippen LogP contribution is -1.86. The molecule has 2 nitrogen and oxygen atoms in total. The Morgan fingerprint density at radius 1 is 1.50 bits per heavy atom. The van der Waals surface area contributed by atoms with Crippen molar-refractivity contribution in [1.29, 1.82) is 0 Å². The summed E-state index contributed by atoms with van der Waals surface area (Å²) in [7, 11) is 0. The average Bonchev–Trinajstić information content (AvgIpc) is 2.13. The molecule has 1 heterocycles. The van der Waals surface area contributed by atoms with Crippen LogP contribution in [0.1, 0.15) is 10.5 Å². The maximum Gasteiger partial charge on any atom is 0.268 e. The number of halogens is 3. The van der Waals surface area contributed by atoms with Gasteiger partial charge in [-0.2, -0.15) is 0 Å². The lowest BCUT2D eigenvalue weighted by atomic mass is 10.5. The number of carbonyl (C=O) groups excluding carboxylic acids is 1. The van der Waals surface area contributed by atoms with E-state index in [9.17, 15) is 4.79 Å². The SMILES string of the molecule is O=C(Cl)c1cc(Cl)c(Cl)[nH]1. The third-order valence-electron chi connectivity index (χ3n) is 0.937. The van der Waals surface area contributed by atoms with Gasteiger partial charge in [-0.3, -0.25) is 4.79 Å². The van der Waals surface area contributed by atoms with E-state index in [4.69, 9.17) is 34.8 Å². The lowest BCUT2D eigenvalue weighted by Gasteiger charge is -1.81. The van der Waals surface area contributed by atoms with Crippen molar-refractivity contribution in [1.82, 2.24) is 4.98 Å². The average molecular weight is 198 g/mol. The smallest absolute Gasteiger partial charge is 0.268 e. The second-order valence-corrected chi connectivity index (χ2v) is 2.75. The van der Waals surface area contributed by atoms with E-state index in [0.717, 1.165) is 0 Å². The quantitative estimate of drug-likeness (QED) is 0.692. The summed E-state index contributed by atoms with van der Waals surface area (Å²) in [6.07, 6.45) is 0. The van der Waals surface area contributed by atoms with Crippen LogP contribution in [0.5, 0.6) is 0 Å². The molecule has 0 saturated carbocycles. The van der Waals surface area contributed by atoms with Crippen molar-refractivity contribution >= 4 is 40.0 Å². The minimum Gasteiger partial charge on any atom is -0.341 e. The zero-order valence-electron chi connectivity index (χ0n) is 4.62. The van der Waals surface area contributed by atoms with Gasteiger partial charge in [0.05, 0.1) is 5.02 Å². The number of H-pyrrole nitrogens is 1. The molecule has 0 amide bonds. The summed E-state index contributed by atoms with van der Waals surface area (Å²) in [5.74, 6) is 0. The lowest BCUT2D eigenvalue weighted by molar-refractivity contribution is 0.107. The van der Waals surface area contributed by atoms with Gasteiger partial charge in [-0.15, -0.1) is 0 Å². The number of carbonyl (C=O) groups is 1. The van der Waals surface area contributed by atoms with Crippen LogP contribution in [0, 0.1) is 0 Å². The Morgan fingerprint density at radius 2 is 2.10 bits per heavy atom. The van der Waals surface area contributed by atoms with E-state index in [0.29, 0.717) is 5.02 Å². The van der Waals surface area contributed by atoms with Crippen LogP contribution >= 0.6 is 34.8 Å². The fourth-order valence-electron chi connectivity index (χ4n) is 0.510. The Hall–Kier alpha value is -0.180. The molecule has 54 valence electrons. The van der Waals surface area contributed by atoms with Gasteiger partial charge in [-0.25, -0.2) is 0 Å². The van der Waals surface area contributed by atoms with Crippen molar-refractivity contribution in [2.45, 2.75) is 0 Å². The summed E-state index contributed by atoms with van der Waals surface area (Å²) in [5.41, 5.74) is 0.205. The van der Waals surface area contributed by atoms with Crippen molar-refractivity contribution in [3.63, 3.8) is 0 Å². The molecule has 1 aromatic heterocycles. The molecule has 1 rings (SSSR count). The molecular formula is C5H2Cl3NO. The number of aromatic amines is 1.